The van der Waals surface area contributed by atoms with Gasteiger partial charge in [0.15, 0.2) is 0 Å². The van der Waals surface area contributed by atoms with Gasteiger partial charge in [0.1, 0.15) is 0 Å². The van der Waals surface area contributed by atoms with Crippen molar-refractivity contribution in [1.29, 1.82) is 0 Å². The van der Waals surface area contributed by atoms with E-state index in [1.807, 2.05) is 84.9 Å². The van der Waals surface area contributed by atoms with Gasteiger partial charge in [0.2, 0.25) is 0 Å². The Hall–Kier alpha value is -3.64. The summed E-state index contributed by atoms with van der Waals surface area (Å²) >= 11 is 0. The maximum Gasteiger partial charge on any atom is 0.316 e. The van der Waals surface area contributed by atoms with Crippen molar-refractivity contribution < 1.29 is 14.3 Å². The second kappa shape index (κ2) is 9.91. The Morgan fingerprint density at radius 1 is 0.839 bits per heavy atom. The fourth-order valence-electron chi connectivity index (χ4n) is 3.61. The molecule has 1 aliphatic rings. The Morgan fingerprint density at radius 2 is 1.45 bits per heavy atom. The number of nitrogens with zero attached hydrogens (tertiary/aromatic N) is 2. The smallest absolute Gasteiger partial charge is 0.316 e. The number of para-hydroxylation sites is 3. The molecular formula is C25H25N3O3. The van der Waals surface area contributed by atoms with Crippen molar-refractivity contribution in [3.8, 4) is 0 Å². The van der Waals surface area contributed by atoms with Crippen molar-refractivity contribution in [2.24, 2.45) is 0 Å². The fraction of sp³-hybridized carbons (Fsp3) is 0.200. The third kappa shape index (κ3) is 5.10. The minimum atomic E-state index is -0.666. The lowest BCUT2D eigenvalue weighted by atomic mass is 10.2. The van der Waals surface area contributed by atoms with E-state index in [0.29, 0.717) is 31.1 Å². The molecule has 3 aromatic carbocycles. The third-order valence-corrected chi connectivity index (χ3v) is 5.19. The number of hydrogen-bond acceptors (Lipinski definition) is 4. The Kier molecular flexibility index (Phi) is 6.59. The van der Waals surface area contributed by atoms with Gasteiger partial charge in [-0.1, -0.05) is 60.7 Å². The quantitative estimate of drug-likeness (QED) is 0.646. The summed E-state index contributed by atoms with van der Waals surface area (Å²) < 4.78 is 5.43. The fourth-order valence-corrected chi connectivity index (χ4v) is 3.61. The van der Waals surface area contributed by atoms with Crippen LogP contribution in [0.5, 0.6) is 0 Å². The summed E-state index contributed by atoms with van der Waals surface area (Å²) in [6, 6.07) is 26.4. The zero-order chi connectivity index (χ0) is 21.5. The monoisotopic (exact) mass is 415 g/mol. The number of carbonyl (C=O) groups is 2. The molecule has 1 fully saturated rings. The third-order valence-electron chi connectivity index (χ3n) is 5.19. The molecule has 0 unspecified atom stereocenters. The van der Waals surface area contributed by atoms with Crippen LogP contribution in [0, 0.1) is 0 Å². The highest BCUT2D eigenvalue weighted by Crippen LogP contribution is 2.27. The molecule has 0 aromatic heterocycles. The molecule has 31 heavy (non-hydrogen) atoms. The molecule has 0 atom stereocenters. The van der Waals surface area contributed by atoms with Gasteiger partial charge in [0.05, 0.1) is 31.1 Å². The molecule has 1 aliphatic heterocycles. The van der Waals surface area contributed by atoms with Crippen LogP contribution in [0.15, 0.2) is 84.9 Å². The zero-order valence-electron chi connectivity index (χ0n) is 17.2. The normalized spacial score (nSPS) is 13.5. The highest BCUT2D eigenvalue weighted by molar-refractivity contribution is 6.44. The van der Waals surface area contributed by atoms with Crippen LogP contribution >= 0.6 is 0 Å². The van der Waals surface area contributed by atoms with Crippen molar-refractivity contribution in [3.63, 3.8) is 0 Å². The first-order chi connectivity index (χ1) is 15.2. The van der Waals surface area contributed by atoms with Crippen molar-refractivity contribution in [2.75, 3.05) is 41.4 Å². The molecule has 0 saturated carbocycles. The molecular weight excluding hydrogens is 390 g/mol. The van der Waals surface area contributed by atoms with Crippen molar-refractivity contribution in [3.05, 3.63) is 90.5 Å². The van der Waals surface area contributed by atoms with Crippen molar-refractivity contribution in [2.45, 2.75) is 6.54 Å². The molecule has 158 valence electrons. The average molecular weight is 415 g/mol. The molecule has 2 amide bonds. The zero-order valence-corrected chi connectivity index (χ0v) is 17.2. The summed E-state index contributed by atoms with van der Waals surface area (Å²) in [5.41, 5.74) is 3.13. The molecule has 0 radical (unpaired) electrons. The number of benzene rings is 3. The van der Waals surface area contributed by atoms with Gasteiger partial charge in [-0.3, -0.25) is 14.5 Å². The highest BCUT2D eigenvalue weighted by atomic mass is 16.5. The number of morpholine rings is 1. The molecule has 3 aromatic rings. The van der Waals surface area contributed by atoms with Gasteiger partial charge in [-0.05, 0) is 29.8 Å². The Balaban J connectivity index is 1.56. The van der Waals surface area contributed by atoms with Gasteiger partial charge in [-0.25, -0.2) is 0 Å². The van der Waals surface area contributed by atoms with E-state index in [1.54, 1.807) is 0 Å². The summed E-state index contributed by atoms with van der Waals surface area (Å²) in [5.74, 6) is -1.27. The van der Waals surface area contributed by atoms with Crippen LogP contribution in [0.2, 0.25) is 0 Å². The SMILES string of the molecule is O=C(Nc1ccccc1N1CCOCC1)C(=O)N(Cc1ccccc1)c1ccccc1. The lowest BCUT2D eigenvalue weighted by molar-refractivity contribution is -0.134. The predicted octanol–water partition coefficient (Wildman–Crippen LogP) is 3.70. The molecule has 6 heteroatoms. The highest BCUT2D eigenvalue weighted by Gasteiger charge is 2.25. The minimum absolute atomic E-state index is 0.308. The first-order valence-corrected chi connectivity index (χ1v) is 10.4. The average Bonchev–Trinajstić information content (AvgIpc) is 2.84. The van der Waals surface area contributed by atoms with E-state index in [4.69, 9.17) is 4.74 Å². The Bertz CT molecular complexity index is 1020. The number of hydrogen-bond donors (Lipinski definition) is 1. The summed E-state index contributed by atoms with van der Waals surface area (Å²) in [6.45, 7) is 3.07. The second-order valence-electron chi connectivity index (χ2n) is 7.28. The summed E-state index contributed by atoms with van der Waals surface area (Å²) in [6.07, 6.45) is 0. The number of nitrogens with one attached hydrogen (secondary N) is 1. The largest absolute Gasteiger partial charge is 0.378 e. The Labute approximate surface area is 182 Å². The predicted molar refractivity (Wildman–Crippen MR) is 122 cm³/mol. The van der Waals surface area contributed by atoms with Crippen molar-refractivity contribution in [1.82, 2.24) is 0 Å². The van der Waals surface area contributed by atoms with Crippen LogP contribution in [-0.4, -0.2) is 38.1 Å². The van der Waals surface area contributed by atoms with Gasteiger partial charge in [0, 0.05) is 18.8 Å². The molecule has 0 aliphatic carbocycles. The molecule has 1 N–H and O–H groups in total. The number of anilines is 3. The first-order valence-electron chi connectivity index (χ1n) is 10.4. The Morgan fingerprint density at radius 3 is 2.16 bits per heavy atom. The lowest BCUT2D eigenvalue weighted by Gasteiger charge is -2.30. The first kappa shape index (κ1) is 20.6. The lowest BCUT2D eigenvalue weighted by Crippen LogP contribution is -2.40. The molecule has 1 heterocycles. The van der Waals surface area contributed by atoms with Gasteiger partial charge >= 0.3 is 11.8 Å². The van der Waals surface area contributed by atoms with Gasteiger partial charge in [0.25, 0.3) is 0 Å². The molecule has 6 nitrogen and oxygen atoms in total. The van der Waals surface area contributed by atoms with Crippen LogP contribution in [-0.2, 0) is 20.9 Å². The van der Waals surface area contributed by atoms with E-state index >= 15 is 0 Å². The van der Waals surface area contributed by atoms with Crippen molar-refractivity contribution >= 4 is 28.9 Å². The topological polar surface area (TPSA) is 61.9 Å². The van der Waals surface area contributed by atoms with E-state index in [1.165, 1.54) is 4.90 Å². The number of amides is 2. The van der Waals surface area contributed by atoms with Crippen LogP contribution in [0.1, 0.15) is 5.56 Å². The van der Waals surface area contributed by atoms with Crippen LogP contribution in [0.3, 0.4) is 0 Å². The molecule has 0 bridgehead atoms. The number of carbonyl (C=O) groups excluding carboxylic acids is 2. The van der Waals surface area contributed by atoms with E-state index in [-0.39, 0.29) is 0 Å². The maximum atomic E-state index is 13.2. The number of rotatable bonds is 5. The summed E-state index contributed by atoms with van der Waals surface area (Å²) in [7, 11) is 0. The molecule has 1 saturated heterocycles. The number of ether oxygens (including phenoxy) is 1. The summed E-state index contributed by atoms with van der Waals surface area (Å²) in [5, 5.41) is 2.83. The van der Waals surface area contributed by atoms with Gasteiger partial charge < -0.3 is 15.0 Å². The van der Waals surface area contributed by atoms with Crippen LogP contribution in [0.4, 0.5) is 17.1 Å². The molecule has 0 spiro atoms. The maximum absolute atomic E-state index is 13.2. The van der Waals surface area contributed by atoms with E-state index in [9.17, 15) is 9.59 Å². The standard InChI is InChI=1S/C25H25N3O3/c29-24(26-22-13-7-8-14-23(22)27-15-17-31-18-16-27)25(30)28(21-11-5-2-6-12-21)19-20-9-3-1-4-10-20/h1-14H,15-19H2,(H,26,29). The second-order valence-corrected chi connectivity index (χ2v) is 7.28. The van der Waals surface area contributed by atoms with Gasteiger partial charge in [-0.15, -0.1) is 0 Å². The van der Waals surface area contributed by atoms with E-state index < -0.39 is 11.8 Å². The summed E-state index contributed by atoms with van der Waals surface area (Å²) in [4.78, 5) is 29.9. The van der Waals surface area contributed by atoms with Gasteiger partial charge in [-0.2, -0.15) is 0 Å². The van der Waals surface area contributed by atoms with Crippen LogP contribution < -0.4 is 15.1 Å². The molecule has 4 rings (SSSR count). The van der Waals surface area contributed by atoms with E-state index in [0.717, 1.165) is 24.3 Å². The van der Waals surface area contributed by atoms with E-state index in [2.05, 4.69) is 10.2 Å². The minimum Gasteiger partial charge on any atom is -0.378 e. The van der Waals surface area contributed by atoms with Crippen LogP contribution in [0.25, 0.3) is 0 Å².